The molecule has 3 heterocycles. The number of fused-ring (bicyclic) bond motifs is 3. The van der Waals surface area contributed by atoms with Crippen molar-refractivity contribution in [2.24, 2.45) is 0 Å². The first-order chi connectivity index (χ1) is 26.3. The second-order valence-electron chi connectivity index (χ2n) is 13.1. The monoisotopic (exact) mass is 804 g/mol. The molecule has 55 heavy (non-hydrogen) atoms. The molecule has 12 nitrogen and oxygen atoms in total. The lowest BCUT2D eigenvalue weighted by Crippen LogP contribution is -2.57. The van der Waals surface area contributed by atoms with E-state index in [1.807, 2.05) is 109 Å². The number of rotatable bonds is 14. The minimum absolute atomic E-state index is 0. The minimum atomic E-state index is -1.15. The SMILES string of the molecule is Br.COC(=O)C(Cc1cc2ccccc2[nH]1)NC(=O)C(Cc1c[nH]c2ccccc12)NC(=O)C(Cc1c[nH]c2ccccc12)NC(=O)OCc1ccccc1. The lowest BCUT2D eigenvalue weighted by atomic mass is 10.0. The Hall–Kier alpha value is -6.34. The summed E-state index contributed by atoms with van der Waals surface area (Å²) in [6.45, 7) is 0.00494. The van der Waals surface area contributed by atoms with Gasteiger partial charge in [-0.25, -0.2) is 9.59 Å². The smallest absolute Gasteiger partial charge is 0.408 e. The molecule has 0 spiro atoms. The molecule has 282 valence electrons. The highest BCUT2D eigenvalue weighted by Gasteiger charge is 2.32. The molecule has 4 aromatic carbocycles. The molecule has 0 aliphatic carbocycles. The van der Waals surface area contributed by atoms with Crippen LogP contribution in [-0.2, 0) is 49.7 Å². The number of alkyl carbamates (subject to hydrolysis) is 1. The number of nitrogens with one attached hydrogen (secondary N) is 6. The van der Waals surface area contributed by atoms with Gasteiger partial charge in [-0.3, -0.25) is 9.59 Å². The summed E-state index contributed by atoms with van der Waals surface area (Å²) in [4.78, 5) is 64.6. The number of ether oxygens (including phenoxy) is 2. The number of methoxy groups -OCH3 is 1. The molecule has 3 aromatic heterocycles. The highest BCUT2D eigenvalue weighted by molar-refractivity contribution is 8.93. The number of hydrogen-bond acceptors (Lipinski definition) is 6. The number of aromatic nitrogens is 3. The van der Waals surface area contributed by atoms with Crippen LogP contribution < -0.4 is 16.0 Å². The van der Waals surface area contributed by atoms with Gasteiger partial charge in [-0.05, 0) is 46.3 Å². The van der Waals surface area contributed by atoms with Gasteiger partial charge in [0.05, 0.1) is 7.11 Å². The first-order valence-corrected chi connectivity index (χ1v) is 17.7. The number of hydrogen-bond donors (Lipinski definition) is 6. The standard InChI is InChI=1S/C42H40N6O6.BrH/c1-53-41(51)38(22-30-19-27-13-5-8-16-33(27)45-30)47-39(49)36(20-28-23-43-34-17-9-6-14-31(28)34)46-40(50)37(21-29-24-44-35-18-10-7-15-32(29)35)48-42(52)54-25-26-11-3-2-4-12-26;/h2-19,23-24,36-38,43-45H,20-22,25H2,1H3,(H,46,50)(H,47,49)(H,48,52);1H. The van der Waals surface area contributed by atoms with Gasteiger partial charge >= 0.3 is 12.1 Å². The number of benzene rings is 4. The lowest BCUT2D eigenvalue weighted by Gasteiger charge is -2.25. The molecule has 3 amide bonds. The summed E-state index contributed by atoms with van der Waals surface area (Å²) in [5.41, 5.74) is 5.70. The molecule has 0 aliphatic rings. The predicted octanol–water partition coefficient (Wildman–Crippen LogP) is 6.17. The molecule has 7 rings (SSSR count). The van der Waals surface area contributed by atoms with Crippen LogP contribution in [0.5, 0.6) is 0 Å². The molecule has 0 saturated carbocycles. The third kappa shape index (κ3) is 9.25. The van der Waals surface area contributed by atoms with E-state index in [4.69, 9.17) is 9.47 Å². The quantitative estimate of drug-likeness (QED) is 0.0719. The zero-order valence-corrected chi connectivity index (χ0v) is 31.7. The van der Waals surface area contributed by atoms with Gasteiger partial charge in [0.2, 0.25) is 11.8 Å². The van der Waals surface area contributed by atoms with E-state index in [1.54, 1.807) is 12.4 Å². The van der Waals surface area contributed by atoms with Crippen molar-refractivity contribution in [3.63, 3.8) is 0 Å². The fourth-order valence-electron chi connectivity index (χ4n) is 6.71. The Bertz CT molecular complexity index is 2390. The maximum absolute atomic E-state index is 14.3. The number of amides is 3. The van der Waals surface area contributed by atoms with Gasteiger partial charge in [0.25, 0.3) is 0 Å². The Balaban J connectivity index is 0.00000514. The summed E-state index contributed by atoms with van der Waals surface area (Å²) >= 11 is 0. The van der Waals surface area contributed by atoms with Crippen molar-refractivity contribution in [2.45, 2.75) is 44.0 Å². The van der Waals surface area contributed by atoms with E-state index in [0.717, 1.165) is 55.1 Å². The van der Waals surface area contributed by atoms with Crippen LogP contribution in [0.25, 0.3) is 32.7 Å². The third-order valence-electron chi connectivity index (χ3n) is 9.46. The number of aromatic amines is 3. The van der Waals surface area contributed by atoms with Gasteiger partial charge < -0.3 is 40.4 Å². The molecule has 0 fully saturated rings. The first-order valence-electron chi connectivity index (χ1n) is 17.7. The molecule has 0 bridgehead atoms. The van der Waals surface area contributed by atoms with E-state index in [9.17, 15) is 19.2 Å². The third-order valence-corrected chi connectivity index (χ3v) is 9.46. The molecule has 7 aromatic rings. The van der Waals surface area contributed by atoms with Crippen LogP contribution in [0.1, 0.15) is 22.4 Å². The van der Waals surface area contributed by atoms with Crippen molar-refractivity contribution < 1.29 is 28.7 Å². The van der Waals surface area contributed by atoms with Crippen LogP contribution in [0.2, 0.25) is 0 Å². The highest BCUT2D eigenvalue weighted by Crippen LogP contribution is 2.22. The average Bonchev–Trinajstić information content (AvgIpc) is 3.93. The maximum atomic E-state index is 14.3. The molecule has 6 N–H and O–H groups in total. The first kappa shape index (κ1) is 38.4. The summed E-state index contributed by atoms with van der Waals surface area (Å²) in [5, 5.41) is 11.2. The fourth-order valence-corrected chi connectivity index (χ4v) is 6.71. The molecule has 0 radical (unpaired) electrons. The van der Waals surface area contributed by atoms with Crippen LogP contribution in [0.3, 0.4) is 0 Å². The predicted molar refractivity (Wildman–Crippen MR) is 216 cm³/mol. The van der Waals surface area contributed by atoms with Gasteiger partial charge in [0, 0.05) is 64.7 Å². The summed E-state index contributed by atoms with van der Waals surface area (Å²) in [5.74, 6) is -1.85. The van der Waals surface area contributed by atoms with Crippen LogP contribution in [0, 0.1) is 0 Å². The van der Waals surface area contributed by atoms with Crippen LogP contribution in [0.4, 0.5) is 4.79 Å². The second-order valence-corrected chi connectivity index (χ2v) is 13.1. The topological polar surface area (TPSA) is 170 Å². The molecule has 3 unspecified atom stereocenters. The highest BCUT2D eigenvalue weighted by atomic mass is 79.9. The summed E-state index contributed by atoms with van der Waals surface area (Å²) in [6, 6.07) is 30.8. The molecule has 13 heteroatoms. The van der Waals surface area contributed by atoms with Crippen LogP contribution in [0.15, 0.2) is 122 Å². The van der Waals surface area contributed by atoms with Crippen molar-refractivity contribution in [1.82, 2.24) is 30.9 Å². The van der Waals surface area contributed by atoms with E-state index >= 15 is 0 Å². The van der Waals surface area contributed by atoms with Crippen LogP contribution >= 0.6 is 17.0 Å². The zero-order chi connectivity index (χ0) is 37.4. The normalized spacial score (nSPS) is 12.7. The molecular formula is C42H41BrN6O6. The second kappa shape index (κ2) is 17.7. The van der Waals surface area contributed by atoms with Crippen molar-refractivity contribution in [3.05, 3.63) is 144 Å². The average molecular weight is 806 g/mol. The number of H-pyrrole nitrogens is 3. The summed E-state index contributed by atoms with van der Waals surface area (Å²) < 4.78 is 10.6. The maximum Gasteiger partial charge on any atom is 0.408 e. The van der Waals surface area contributed by atoms with Crippen molar-refractivity contribution in [2.75, 3.05) is 7.11 Å². The van der Waals surface area contributed by atoms with Gasteiger partial charge in [0.1, 0.15) is 24.7 Å². The summed E-state index contributed by atoms with van der Waals surface area (Å²) in [7, 11) is 1.26. The Morgan fingerprint density at radius 2 is 1.15 bits per heavy atom. The van der Waals surface area contributed by atoms with Gasteiger partial charge in [-0.15, -0.1) is 17.0 Å². The molecular weight excluding hydrogens is 764 g/mol. The summed E-state index contributed by atoms with van der Waals surface area (Å²) in [6.07, 6.45) is 3.10. The van der Waals surface area contributed by atoms with Crippen LogP contribution in [-0.4, -0.2) is 64.1 Å². The van der Waals surface area contributed by atoms with E-state index in [1.165, 1.54) is 7.11 Å². The molecule has 0 aliphatic heterocycles. The number of esters is 1. The van der Waals surface area contributed by atoms with E-state index in [2.05, 4.69) is 30.9 Å². The van der Waals surface area contributed by atoms with E-state index in [-0.39, 0.29) is 42.9 Å². The van der Waals surface area contributed by atoms with Crippen molar-refractivity contribution >= 4 is 73.6 Å². The van der Waals surface area contributed by atoms with Gasteiger partial charge in [-0.1, -0.05) is 84.9 Å². The fraction of sp³-hybridized carbons (Fsp3) is 0.190. The Kier molecular flexibility index (Phi) is 12.3. The number of halogens is 1. The number of para-hydroxylation sites is 3. The molecule has 3 atom stereocenters. The molecule has 0 saturated heterocycles. The largest absolute Gasteiger partial charge is 0.467 e. The van der Waals surface area contributed by atoms with Crippen molar-refractivity contribution in [3.8, 4) is 0 Å². The number of carbonyl (C=O) groups is 4. The Labute approximate surface area is 327 Å². The van der Waals surface area contributed by atoms with Gasteiger partial charge in [-0.2, -0.15) is 0 Å². The van der Waals surface area contributed by atoms with E-state index < -0.39 is 42.0 Å². The minimum Gasteiger partial charge on any atom is -0.467 e. The Morgan fingerprint density at radius 1 is 0.618 bits per heavy atom. The zero-order valence-electron chi connectivity index (χ0n) is 30.0. The van der Waals surface area contributed by atoms with Gasteiger partial charge in [0.15, 0.2) is 0 Å². The number of carbonyl (C=O) groups excluding carboxylic acids is 4. The lowest BCUT2D eigenvalue weighted by molar-refractivity contribution is -0.145. The Morgan fingerprint density at radius 3 is 1.75 bits per heavy atom. The van der Waals surface area contributed by atoms with Crippen molar-refractivity contribution in [1.29, 1.82) is 0 Å². The van der Waals surface area contributed by atoms with E-state index in [0.29, 0.717) is 0 Å².